The van der Waals surface area contributed by atoms with Gasteiger partial charge in [-0.15, -0.1) is 0 Å². The van der Waals surface area contributed by atoms with Gasteiger partial charge in [0.05, 0.1) is 11.1 Å². The molecule has 0 aliphatic carbocycles. The molecule has 0 amide bonds. The first-order valence-electron chi connectivity index (χ1n) is 6.03. The Kier molecular flexibility index (Phi) is 5.89. The Hall–Kier alpha value is -0.990. The van der Waals surface area contributed by atoms with E-state index in [0.29, 0.717) is 6.54 Å². The molecule has 0 aliphatic heterocycles. The second kappa shape index (κ2) is 6.97. The Labute approximate surface area is 114 Å². The Morgan fingerprint density at radius 1 is 1.32 bits per heavy atom. The standard InChI is InChI=1S/C12H21N3O3S/c1-9-3-5-11(6-4-9)19(16,17)12(18-14)7-8-15-10(2)13/h3-6,10,12,15H,7-8,13-14H2,1-2H3. The summed E-state index contributed by atoms with van der Waals surface area (Å²) in [5.74, 6) is 5.10. The maximum absolute atomic E-state index is 12.3. The third kappa shape index (κ3) is 4.55. The van der Waals surface area contributed by atoms with Crippen LogP contribution in [0.3, 0.4) is 0 Å². The summed E-state index contributed by atoms with van der Waals surface area (Å²) in [6.45, 7) is 4.07. The highest BCUT2D eigenvalue weighted by atomic mass is 32.2. The van der Waals surface area contributed by atoms with E-state index in [1.807, 2.05) is 6.92 Å². The van der Waals surface area contributed by atoms with Crippen LogP contribution in [0.2, 0.25) is 0 Å². The van der Waals surface area contributed by atoms with Gasteiger partial charge in [-0.25, -0.2) is 14.3 Å². The molecule has 108 valence electrons. The maximum Gasteiger partial charge on any atom is 0.207 e. The van der Waals surface area contributed by atoms with E-state index in [9.17, 15) is 8.42 Å². The quantitative estimate of drug-likeness (QED) is 0.491. The van der Waals surface area contributed by atoms with E-state index in [0.717, 1.165) is 5.56 Å². The van der Waals surface area contributed by atoms with Crippen molar-refractivity contribution in [2.45, 2.75) is 36.8 Å². The summed E-state index contributed by atoms with van der Waals surface area (Å²) in [5, 5.41) is 2.92. The fourth-order valence-corrected chi connectivity index (χ4v) is 3.00. The van der Waals surface area contributed by atoms with E-state index in [1.54, 1.807) is 31.2 Å². The Morgan fingerprint density at radius 2 is 1.89 bits per heavy atom. The zero-order valence-electron chi connectivity index (χ0n) is 11.2. The van der Waals surface area contributed by atoms with Crippen LogP contribution in [0.4, 0.5) is 0 Å². The zero-order chi connectivity index (χ0) is 14.5. The Morgan fingerprint density at radius 3 is 2.37 bits per heavy atom. The van der Waals surface area contributed by atoms with Gasteiger partial charge in [-0.3, -0.25) is 4.84 Å². The molecular formula is C12H21N3O3S. The first kappa shape index (κ1) is 16.1. The smallest absolute Gasteiger partial charge is 0.207 e. The van der Waals surface area contributed by atoms with Crippen LogP contribution in [-0.2, 0) is 14.7 Å². The molecule has 19 heavy (non-hydrogen) atoms. The van der Waals surface area contributed by atoms with Crippen LogP contribution < -0.4 is 16.9 Å². The predicted octanol–water partition coefficient (Wildman–Crippen LogP) is 0.270. The van der Waals surface area contributed by atoms with Crippen molar-refractivity contribution in [2.24, 2.45) is 11.6 Å². The van der Waals surface area contributed by atoms with Gasteiger partial charge in [0.15, 0.2) is 5.44 Å². The van der Waals surface area contributed by atoms with Crippen LogP contribution in [0.15, 0.2) is 29.2 Å². The van der Waals surface area contributed by atoms with Crippen molar-refractivity contribution in [1.29, 1.82) is 0 Å². The van der Waals surface area contributed by atoms with E-state index < -0.39 is 15.3 Å². The number of rotatable bonds is 7. The fraction of sp³-hybridized carbons (Fsp3) is 0.500. The normalized spacial score (nSPS) is 15.2. The average Bonchev–Trinajstić information content (AvgIpc) is 2.34. The summed E-state index contributed by atoms with van der Waals surface area (Å²) in [5.41, 5.74) is 5.43. The lowest BCUT2D eigenvalue weighted by Crippen LogP contribution is -2.38. The number of hydrogen-bond acceptors (Lipinski definition) is 6. The number of nitrogens with two attached hydrogens (primary N) is 2. The van der Waals surface area contributed by atoms with Crippen molar-refractivity contribution in [3.63, 3.8) is 0 Å². The Bertz CT molecular complexity index is 485. The van der Waals surface area contributed by atoms with Gasteiger partial charge in [-0.1, -0.05) is 17.7 Å². The molecule has 0 aromatic heterocycles. The number of nitrogens with one attached hydrogen (secondary N) is 1. The van der Waals surface area contributed by atoms with Gasteiger partial charge in [0.2, 0.25) is 9.84 Å². The summed E-state index contributed by atoms with van der Waals surface area (Å²) >= 11 is 0. The zero-order valence-corrected chi connectivity index (χ0v) is 12.0. The van der Waals surface area contributed by atoms with Crippen LogP contribution in [0, 0.1) is 6.92 Å². The van der Waals surface area contributed by atoms with Gasteiger partial charge in [0.1, 0.15) is 0 Å². The fourth-order valence-electron chi connectivity index (χ4n) is 1.60. The first-order valence-corrected chi connectivity index (χ1v) is 7.57. The molecular weight excluding hydrogens is 266 g/mol. The molecule has 1 aromatic carbocycles. The first-order chi connectivity index (χ1) is 8.87. The largest absolute Gasteiger partial charge is 0.316 e. The summed E-state index contributed by atoms with van der Waals surface area (Å²) < 4.78 is 24.6. The third-order valence-electron chi connectivity index (χ3n) is 2.69. The molecule has 0 saturated heterocycles. The monoisotopic (exact) mass is 287 g/mol. The molecule has 0 saturated carbocycles. The third-order valence-corrected chi connectivity index (χ3v) is 4.66. The van der Waals surface area contributed by atoms with Gasteiger partial charge in [0, 0.05) is 13.0 Å². The predicted molar refractivity (Wildman–Crippen MR) is 73.7 cm³/mol. The summed E-state index contributed by atoms with van der Waals surface area (Å²) in [4.78, 5) is 4.82. The minimum absolute atomic E-state index is 0.203. The van der Waals surface area contributed by atoms with Gasteiger partial charge in [-0.05, 0) is 26.0 Å². The lowest BCUT2D eigenvalue weighted by molar-refractivity contribution is 0.101. The molecule has 7 heteroatoms. The molecule has 0 bridgehead atoms. The van der Waals surface area contributed by atoms with E-state index in [2.05, 4.69) is 10.2 Å². The van der Waals surface area contributed by atoms with Crippen LogP contribution in [0.5, 0.6) is 0 Å². The van der Waals surface area contributed by atoms with E-state index >= 15 is 0 Å². The minimum atomic E-state index is -3.59. The molecule has 0 spiro atoms. The van der Waals surface area contributed by atoms with Gasteiger partial charge >= 0.3 is 0 Å². The summed E-state index contributed by atoms with van der Waals surface area (Å²) in [6, 6.07) is 6.58. The highest BCUT2D eigenvalue weighted by molar-refractivity contribution is 7.91. The molecule has 2 unspecified atom stereocenters. The molecule has 6 nitrogen and oxygen atoms in total. The number of benzene rings is 1. The van der Waals surface area contributed by atoms with Crippen LogP contribution in [0.1, 0.15) is 18.9 Å². The molecule has 0 fully saturated rings. The SMILES string of the molecule is Cc1ccc(S(=O)(=O)C(CCNC(C)N)ON)cc1. The topological polar surface area (TPSA) is 107 Å². The number of hydrogen-bond donors (Lipinski definition) is 3. The van der Waals surface area contributed by atoms with Crippen molar-refractivity contribution >= 4 is 9.84 Å². The summed E-state index contributed by atoms with van der Waals surface area (Å²) in [6.07, 6.45) is 0.0225. The maximum atomic E-state index is 12.3. The van der Waals surface area contributed by atoms with Crippen molar-refractivity contribution in [2.75, 3.05) is 6.54 Å². The lowest BCUT2D eigenvalue weighted by atomic mass is 10.2. The second-order valence-electron chi connectivity index (χ2n) is 4.46. The van der Waals surface area contributed by atoms with Crippen LogP contribution in [-0.4, -0.2) is 26.6 Å². The van der Waals surface area contributed by atoms with Gasteiger partial charge in [0.25, 0.3) is 0 Å². The van der Waals surface area contributed by atoms with E-state index in [1.165, 1.54) is 0 Å². The van der Waals surface area contributed by atoms with E-state index in [4.69, 9.17) is 11.6 Å². The molecule has 0 radical (unpaired) electrons. The molecule has 1 aromatic rings. The number of sulfone groups is 1. The van der Waals surface area contributed by atoms with Crippen LogP contribution >= 0.6 is 0 Å². The molecule has 1 rings (SSSR count). The highest BCUT2D eigenvalue weighted by Gasteiger charge is 2.27. The number of aryl methyl sites for hydroxylation is 1. The van der Waals surface area contributed by atoms with Gasteiger partial charge in [-0.2, -0.15) is 0 Å². The van der Waals surface area contributed by atoms with Crippen molar-refractivity contribution in [3.05, 3.63) is 29.8 Å². The second-order valence-corrected chi connectivity index (χ2v) is 6.54. The summed E-state index contributed by atoms with van der Waals surface area (Å²) in [7, 11) is -3.59. The van der Waals surface area contributed by atoms with Crippen LogP contribution in [0.25, 0.3) is 0 Å². The molecule has 5 N–H and O–H groups in total. The highest BCUT2D eigenvalue weighted by Crippen LogP contribution is 2.18. The average molecular weight is 287 g/mol. The Balaban J connectivity index is 2.80. The molecule has 0 heterocycles. The van der Waals surface area contributed by atoms with E-state index in [-0.39, 0.29) is 17.5 Å². The molecule has 0 aliphatic rings. The van der Waals surface area contributed by atoms with Crippen molar-refractivity contribution in [1.82, 2.24) is 5.32 Å². The van der Waals surface area contributed by atoms with Crippen molar-refractivity contribution in [3.8, 4) is 0 Å². The lowest BCUT2D eigenvalue weighted by Gasteiger charge is -2.16. The van der Waals surface area contributed by atoms with Crippen molar-refractivity contribution < 1.29 is 13.3 Å². The van der Waals surface area contributed by atoms with Gasteiger partial charge < -0.3 is 11.1 Å². The minimum Gasteiger partial charge on any atom is -0.316 e. The molecule has 2 atom stereocenters.